The first-order valence-electron chi connectivity index (χ1n) is 5.77. The summed E-state index contributed by atoms with van der Waals surface area (Å²) in [5, 5.41) is 0. The van der Waals surface area contributed by atoms with E-state index >= 15 is 0 Å². The highest BCUT2D eigenvalue weighted by atomic mass is 16.7. The molecule has 1 unspecified atom stereocenters. The molecule has 0 aliphatic carbocycles. The van der Waals surface area contributed by atoms with Crippen molar-refractivity contribution in [1.82, 2.24) is 0 Å². The largest absolute Gasteiger partial charge is 0.399 e. The Kier molecular flexibility index (Phi) is 8.82. The summed E-state index contributed by atoms with van der Waals surface area (Å²) in [4.78, 5) is 14.5. The zero-order valence-corrected chi connectivity index (χ0v) is 11.1. The lowest BCUT2D eigenvalue weighted by Gasteiger charge is -2.11. The molecule has 0 amide bonds. The van der Waals surface area contributed by atoms with Crippen molar-refractivity contribution in [2.24, 2.45) is 11.8 Å². The number of nitrogens with two attached hydrogens (primary N) is 2. The molecule has 0 bridgehead atoms. The molecule has 102 valence electrons. The first-order valence-corrected chi connectivity index (χ1v) is 5.77. The second kappa shape index (κ2) is 9.58. The Labute approximate surface area is 108 Å². The third-order valence-corrected chi connectivity index (χ3v) is 1.93. The van der Waals surface area contributed by atoms with Crippen molar-refractivity contribution < 1.29 is 14.4 Å². The molecule has 0 saturated carbocycles. The van der Waals surface area contributed by atoms with Crippen molar-refractivity contribution in [3.8, 4) is 0 Å². The van der Waals surface area contributed by atoms with E-state index in [1.54, 1.807) is 31.2 Å². The molecule has 5 nitrogen and oxygen atoms in total. The molecular weight excluding hydrogens is 232 g/mol. The Bertz CT molecular complexity index is 326. The minimum absolute atomic E-state index is 0.285. The summed E-state index contributed by atoms with van der Waals surface area (Å²) in [6, 6.07) is 6.76. The van der Waals surface area contributed by atoms with Gasteiger partial charge in [-0.3, -0.25) is 9.63 Å². The van der Waals surface area contributed by atoms with Crippen LogP contribution in [0.1, 0.15) is 31.1 Å². The average molecular weight is 254 g/mol. The van der Waals surface area contributed by atoms with Gasteiger partial charge in [0, 0.05) is 11.3 Å². The van der Waals surface area contributed by atoms with Crippen LogP contribution in [0.4, 0.5) is 5.69 Å². The number of benzene rings is 1. The number of ether oxygens (including phenoxy) is 1. The number of carbonyl (C=O) groups is 1. The van der Waals surface area contributed by atoms with Crippen molar-refractivity contribution in [3.05, 3.63) is 29.8 Å². The van der Waals surface area contributed by atoms with Gasteiger partial charge in [-0.25, -0.2) is 5.90 Å². The minimum atomic E-state index is -0.285. The quantitative estimate of drug-likeness (QED) is 0.363. The van der Waals surface area contributed by atoms with Crippen LogP contribution in [0.15, 0.2) is 24.3 Å². The fourth-order valence-electron chi connectivity index (χ4n) is 0.942. The third-order valence-electron chi connectivity index (χ3n) is 1.93. The predicted octanol–water partition coefficient (Wildman–Crippen LogP) is 1.98. The Hall–Kier alpha value is -1.43. The molecule has 0 aliphatic rings. The molecule has 0 aromatic heterocycles. The summed E-state index contributed by atoms with van der Waals surface area (Å²) in [7, 11) is 0. The van der Waals surface area contributed by atoms with E-state index in [0.717, 1.165) is 6.29 Å². The van der Waals surface area contributed by atoms with Crippen molar-refractivity contribution in [3.63, 3.8) is 0 Å². The monoisotopic (exact) mass is 254 g/mol. The number of rotatable bonds is 5. The summed E-state index contributed by atoms with van der Waals surface area (Å²) in [5.74, 6) is 5.36. The zero-order valence-electron chi connectivity index (χ0n) is 11.1. The van der Waals surface area contributed by atoms with Crippen LogP contribution in [-0.4, -0.2) is 19.2 Å². The van der Waals surface area contributed by atoms with Crippen LogP contribution in [0, 0.1) is 5.92 Å². The van der Waals surface area contributed by atoms with E-state index in [4.69, 9.17) is 16.4 Å². The molecule has 0 heterocycles. The number of carbonyl (C=O) groups excluding carboxylic acids is 1. The van der Waals surface area contributed by atoms with Crippen LogP contribution in [0.2, 0.25) is 0 Å². The molecule has 1 atom stereocenters. The summed E-state index contributed by atoms with van der Waals surface area (Å²) < 4.78 is 5.11. The van der Waals surface area contributed by atoms with E-state index in [0.29, 0.717) is 23.8 Å². The highest BCUT2D eigenvalue weighted by molar-refractivity contribution is 5.75. The first-order chi connectivity index (χ1) is 8.49. The lowest BCUT2D eigenvalue weighted by Crippen LogP contribution is -2.19. The smallest absolute Gasteiger partial charge is 0.174 e. The molecule has 1 aromatic rings. The van der Waals surface area contributed by atoms with Gasteiger partial charge in [-0.2, -0.15) is 0 Å². The van der Waals surface area contributed by atoms with Gasteiger partial charge in [-0.15, -0.1) is 0 Å². The van der Waals surface area contributed by atoms with E-state index in [9.17, 15) is 4.79 Å². The van der Waals surface area contributed by atoms with Gasteiger partial charge in [0.05, 0.1) is 6.61 Å². The topological polar surface area (TPSA) is 87.6 Å². The zero-order chi connectivity index (χ0) is 14.0. The molecule has 5 heteroatoms. The molecule has 1 aromatic carbocycles. The van der Waals surface area contributed by atoms with Crippen LogP contribution >= 0.6 is 0 Å². The third kappa shape index (κ3) is 8.69. The number of hydrogen-bond donors (Lipinski definition) is 2. The minimum Gasteiger partial charge on any atom is -0.399 e. The molecule has 0 radical (unpaired) electrons. The predicted molar refractivity (Wildman–Crippen MR) is 71.8 cm³/mol. The summed E-state index contributed by atoms with van der Waals surface area (Å²) in [6.45, 7) is 6.60. The second-order valence-corrected chi connectivity index (χ2v) is 4.22. The molecule has 18 heavy (non-hydrogen) atoms. The highest BCUT2D eigenvalue weighted by Gasteiger charge is 1.99. The van der Waals surface area contributed by atoms with Gasteiger partial charge in [0.2, 0.25) is 0 Å². The fraction of sp³-hybridized carbons (Fsp3) is 0.462. The number of nitrogen functional groups attached to an aromatic ring is 1. The summed E-state index contributed by atoms with van der Waals surface area (Å²) >= 11 is 0. The SMILES string of the molecule is CC(C)COC(C)ON.Nc1ccc(C=O)cc1. The Morgan fingerprint density at radius 1 is 1.22 bits per heavy atom. The lowest BCUT2D eigenvalue weighted by molar-refractivity contribution is -0.138. The number of aldehydes is 1. The van der Waals surface area contributed by atoms with Crippen LogP contribution in [-0.2, 0) is 9.57 Å². The van der Waals surface area contributed by atoms with Crippen molar-refractivity contribution >= 4 is 12.0 Å². The van der Waals surface area contributed by atoms with Gasteiger partial charge in [0.1, 0.15) is 6.29 Å². The molecule has 0 saturated heterocycles. The normalized spacial score (nSPS) is 11.6. The fourth-order valence-corrected chi connectivity index (χ4v) is 0.942. The van der Waals surface area contributed by atoms with Crippen molar-refractivity contribution in [2.75, 3.05) is 12.3 Å². The van der Waals surface area contributed by atoms with E-state index < -0.39 is 0 Å². The first kappa shape index (κ1) is 16.6. The molecule has 4 N–H and O–H groups in total. The van der Waals surface area contributed by atoms with Gasteiger partial charge in [0.25, 0.3) is 0 Å². The molecule has 0 fully saturated rings. The maximum absolute atomic E-state index is 10.1. The summed E-state index contributed by atoms with van der Waals surface area (Å²) in [6.07, 6.45) is 0.506. The van der Waals surface area contributed by atoms with E-state index in [2.05, 4.69) is 18.7 Å². The van der Waals surface area contributed by atoms with Gasteiger partial charge < -0.3 is 10.5 Å². The van der Waals surface area contributed by atoms with Gasteiger partial charge in [-0.1, -0.05) is 13.8 Å². The summed E-state index contributed by atoms with van der Waals surface area (Å²) in [5.41, 5.74) is 6.70. The maximum Gasteiger partial charge on any atom is 0.174 e. The van der Waals surface area contributed by atoms with Crippen LogP contribution in [0.3, 0.4) is 0 Å². The lowest BCUT2D eigenvalue weighted by atomic mass is 10.2. The molecule has 0 spiro atoms. The molecule has 1 rings (SSSR count). The highest BCUT2D eigenvalue weighted by Crippen LogP contribution is 2.01. The van der Waals surface area contributed by atoms with E-state index in [-0.39, 0.29) is 6.29 Å². The standard InChI is InChI=1S/C7H7NO.C6H15NO2/c8-7-3-1-6(5-9)2-4-7;1-5(2)4-8-6(3)9-7/h1-5H,8H2;5-6H,4,7H2,1-3H3. The van der Waals surface area contributed by atoms with Gasteiger partial charge in [-0.05, 0) is 37.1 Å². The van der Waals surface area contributed by atoms with Crippen LogP contribution in [0.5, 0.6) is 0 Å². The van der Waals surface area contributed by atoms with Gasteiger partial charge in [0.15, 0.2) is 6.29 Å². The maximum atomic E-state index is 10.1. The Balaban J connectivity index is 0.000000321. The Morgan fingerprint density at radius 2 is 1.78 bits per heavy atom. The van der Waals surface area contributed by atoms with Crippen molar-refractivity contribution in [1.29, 1.82) is 0 Å². The average Bonchev–Trinajstić information content (AvgIpc) is 2.37. The van der Waals surface area contributed by atoms with E-state index in [1.165, 1.54) is 0 Å². The molecule has 0 aliphatic heterocycles. The Morgan fingerprint density at radius 3 is 2.17 bits per heavy atom. The number of hydrogen-bond acceptors (Lipinski definition) is 5. The second-order valence-electron chi connectivity index (χ2n) is 4.22. The van der Waals surface area contributed by atoms with E-state index in [1.807, 2.05) is 0 Å². The van der Waals surface area contributed by atoms with Crippen LogP contribution < -0.4 is 11.6 Å². The van der Waals surface area contributed by atoms with Crippen LogP contribution in [0.25, 0.3) is 0 Å². The van der Waals surface area contributed by atoms with Crippen molar-refractivity contribution in [2.45, 2.75) is 27.1 Å². The number of anilines is 1. The van der Waals surface area contributed by atoms with Gasteiger partial charge >= 0.3 is 0 Å². The molecular formula is C13H22N2O3.